The molecule has 0 spiro atoms. The van der Waals surface area contributed by atoms with Crippen LogP contribution in [0.3, 0.4) is 0 Å². The number of carbonyl (C=O) groups is 2. The maximum atomic E-state index is 11.9. The number of carboxylic acids is 1. The predicted molar refractivity (Wildman–Crippen MR) is 61.2 cm³/mol. The SMILES string of the molecule is O=C(O)c1ncn2c1CN(C(=O)NC1CC1)CC2. The van der Waals surface area contributed by atoms with Gasteiger partial charge in [-0.25, -0.2) is 14.6 Å². The van der Waals surface area contributed by atoms with Gasteiger partial charge in [0.05, 0.1) is 18.6 Å². The Bertz CT molecular complexity index is 506. The van der Waals surface area contributed by atoms with Gasteiger partial charge in [-0.05, 0) is 12.8 Å². The van der Waals surface area contributed by atoms with Gasteiger partial charge in [0.15, 0.2) is 5.69 Å². The van der Waals surface area contributed by atoms with E-state index in [4.69, 9.17) is 5.11 Å². The number of aromatic carboxylic acids is 1. The van der Waals surface area contributed by atoms with E-state index < -0.39 is 5.97 Å². The first kappa shape index (κ1) is 11.1. The van der Waals surface area contributed by atoms with Crippen molar-refractivity contribution in [2.24, 2.45) is 0 Å². The quantitative estimate of drug-likeness (QED) is 0.788. The van der Waals surface area contributed by atoms with Crippen LogP contribution in [0.4, 0.5) is 4.79 Å². The molecule has 2 heterocycles. The summed E-state index contributed by atoms with van der Waals surface area (Å²) in [5.74, 6) is -1.05. The molecule has 96 valence electrons. The maximum absolute atomic E-state index is 11.9. The van der Waals surface area contributed by atoms with Crippen LogP contribution in [0.1, 0.15) is 29.0 Å². The molecule has 0 saturated heterocycles. The van der Waals surface area contributed by atoms with Crippen LogP contribution in [0.2, 0.25) is 0 Å². The largest absolute Gasteiger partial charge is 0.476 e. The van der Waals surface area contributed by atoms with E-state index in [9.17, 15) is 9.59 Å². The van der Waals surface area contributed by atoms with Gasteiger partial charge in [0.2, 0.25) is 0 Å². The predicted octanol–water partition coefficient (Wildman–Crippen LogP) is 0.269. The van der Waals surface area contributed by atoms with Gasteiger partial charge in [0.25, 0.3) is 0 Å². The van der Waals surface area contributed by atoms with Crippen LogP contribution in [0.15, 0.2) is 6.33 Å². The van der Waals surface area contributed by atoms with E-state index in [-0.39, 0.29) is 11.7 Å². The first-order valence-corrected chi connectivity index (χ1v) is 5.98. The highest BCUT2D eigenvalue weighted by Crippen LogP contribution is 2.21. The highest BCUT2D eigenvalue weighted by atomic mass is 16.4. The van der Waals surface area contributed by atoms with Crippen LogP contribution in [-0.4, -0.2) is 44.1 Å². The number of nitrogens with zero attached hydrogens (tertiary/aromatic N) is 3. The fourth-order valence-electron chi connectivity index (χ4n) is 2.10. The van der Waals surface area contributed by atoms with E-state index in [1.807, 2.05) is 0 Å². The van der Waals surface area contributed by atoms with Gasteiger partial charge in [-0.15, -0.1) is 0 Å². The molecule has 18 heavy (non-hydrogen) atoms. The number of carbonyl (C=O) groups excluding carboxylic acids is 1. The van der Waals surface area contributed by atoms with Gasteiger partial charge >= 0.3 is 12.0 Å². The summed E-state index contributed by atoms with van der Waals surface area (Å²) < 4.78 is 1.80. The standard InChI is InChI=1S/C11H14N4O3/c16-10(17)9-8-5-14(3-4-15(8)6-12-9)11(18)13-7-1-2-7/h6-7H,1-5H2,(H,13,18)(H,16,17). The fraction of sp³-hybridized carbons (Fsp3) is 0.545. The first-order chi connectivity index (χ1) is 8.65. The van der Waals surface area contributed by atoms with Crippen molar-refractivity contribution in [3.8, 4) is 0 Å². The molecule has 0 unspecified atom stereocenters. The molecule has 1 aliphatic carbocycles. The fourth-order valence-corrected chi connectivity index (χ4v) is 2.10. The van der Waals surface area contributed by atoms with Crippen molar-refractivity contribution < 1.29 is 14.7 Å². The number of hydrogen-bond acceptors (Lipinski definition) is 3. The number of amides is 2. The van der Waals surface area contributed by atoms with E-state index in [1.165, 1.54) is 6.33 Å². The Balaban J connectivity index is 1.76. The second kappa shape index (κ2) is 4.01. The molecule has 0 atom stereocenters. The minimum Gasteiger partial charge on any atom is -0.476 e. The van der Waals surface area contributed by atoms with Gasteiger partial charge in [0, 0.05) is 19.1 Å². The molecule has 1 aromatic rings. The number of carboxylic acid groups (broad SMARTS) is 1. The third kappa shape index (κ3) is 1.92. The van der Waals surface area contributed by atoms with Crippen LogP contribution in [0.25, 0.3) is 0 Å². The molecule has 2 aliphatic rings. The molecular formula is C11H14N4O3. The summed E-state index contributed by atoms with van der Waals surface area (Å²) in [6, 6.07) is 0.199. The Morgan fingerprint density at radius 1 is 1.39 bits per heavy atom. The van der Waals surface area contributed by atoms with E-state index >= 15 is 0 Å². The Morgan fingerprint density at radius 2 is 2.17 bits per heavy atom. The molecule has 0 bridgehead atoms. The number of rotatable bonds is 2. The molecule has 3 rings (SSSR count). The van der Waals surface area contributed by atoms with Crippen LogP contribution < -0.4 is 5.32 Å². The average molecular weight is 250 g/mol. The van der Waals surface area contributed by atoms with E-state index in [1.54, 1.807) is 9.47 Å². The molecule has 1 saturated carbocycles. The minimum absolute atomic E-state index is 0.0407. The van der Waals surface area contributed by atoms with E-state index in [0.29, 0.717) is 31.4 Å². The van der Waals surface area contributed by atoms with Crippen molar-refractivity contribution >= 4 is 12.0 Å². The number of fused-ring (bicyclic) bond motifs is 1. The highest BCUT2D eigenvalue weighted by molar-refractivity contribution is 5.87. The van der Waals surface area contributed by atoms with Gasteiger partial charge in [-0.1, -0.05) is 0 Å². The van der Waals surface area contributed by atoms with E-state index in [0.717, 1.165) is 12.8 Å². The molecule has 0 aromatic carbocycles. The van der Waals surface area contributed by atoms with Crippen molar-refractivity contribution in [2.75, 3.05) is 6.54 Å². The van der Waals surface area contributed by atoms with Crippen LogP contribution >= 0.6 is 0 Å². The number of imidazole rings is 1. The average Bonchev–Trinajstić information content (AvgIpc) is 3.05. The van der Waals surface area contributed by atoms with Crippen LogP contribution in [0.5, 0.6) is 0 Å². The summed E-state index contributed by atoms with van der Waals surface area (Å²) in [7, 11) is 0. The molecule has 7 nitrogen and oxygen atoms in total. The van der Waals surface area contributed by atoms with Gasteiger partial charge in [0.1, 0.15) is 0 Å². The summed E-state index contributed by atoms with van der Waals surface area (Å²) in [6.45, 7) is 1.48. The van der Waals surface area contributed by atoms with E-state index in [2.05, 4.69) is 10.3 Å². The third-order valence-corrected chi connectivity index (χ3v) is 3.29. The number of nitrogens with one attached hydrogen (secondary N) is 1. The van der Waals surface area contributed by atoms with Crippen LogP contribution in [-0.2, 0) is 13.1 Å². The lowest BCUT2D eigenvalue weighted by atomic mass is 10.2. The number of hydrogen-bond donors (Lipinski definition) is 2. The molecule has 1 fully saturated rings. The monoisotopic (exact) mass is 250 g/mol. The maximum Gasteiger partial charge on any atom is 0.356 e. The number of urea groups is 1. The summed E-state index contributed by atoms with van der Waals surface area (Å²) in [4.78, 5) is 28.4. The summed E-state index contributed by atoms with van der Waals surface area (Å²) >= 11 is 0. The molecule has 2 N–H and O–H groups in total. The Kier molecular flexibility index (Phi) is 2.46. The highest BCUT2D eigenvalue weighted by Gasteiger charge is 2.29. The zero-order chi connectivity index (χ0) is 12.7. The van der Waals surface area contributed by atoms with Crippen LogP contribution in [0, 0.1) is 0 Å². The van der Waals surface area contributed by atoms with Crippen molar-refractivity contribution in [3.05, 3.63) is 17.7 Å². The van der Waals surface area contributed by atoms with Crippen molar-refractivity contribution in [2.45, 2.75) is 32.0 Å². The molecule has 1 aromatic heterocycles. The lowest BCUT2D eigenvalue weighted by molar-refractivity contribution is 0.0687. The Labute approximate surface area is 103 Å². The summed E-state index contributed by atoms with van der Waals surface area (Å²) in [5, 5.41) is 11.9. The molecule has 2 amide bonds. The molecular weight excluding hydrogens is 236 g/mol. The van der Waals surface area contributed by atoms with Gasteiger partial charge in [-0.2, -0.15) is 0 Å². The Morgan fingerprint density at radius 3 is 2.83 bits per heavy atom. The van der Waals surface area contributed by atoms with Crippen molar-refractivity contribution in [1.82, 2.24) is 19.8 Å². The molecule has 1 aliphatic heterocycles. The number of aromatic nitrogens is 2. The smallest absolute Gasteiger partial charge is 0.356 e. The zero-order valence-electron chi connectivity index (χ0n) is 9.80. The lowest BCUT2D eigenvalue weighted by Crippen LogP contribution is -2.45. The summed E-state index contributed by atoms with van der Waals surface area (Å²) in [6.07, 6.45) is 3.60. The first-order valence-electron chi connectivity index (χ1n) is 5.98. The van der Waals surface area contributed by atoms with Gasteiger partial charge in [-0.3, -0.25) is 0 Å². The lowest BCUT2D eigenvalue weighted by Gasteiger charge is -2.28. The normalized spacial score (nSPS) is 18.3. The topological polar surface area (TPSA) is 87.5 Å². The Hall–Kier alpha value is -2.05. The van der Waals surface area contributed by atoms with Crippen molar-refractivity contribution in [3.63, 3.8) is 0 Å². The van der Waals surface area contributed by atoms with Crippen molar-refractivity contribution in [1.29, 1.82) is 0 Å². The second-order valence-electron chi connectivity index (χ2n) is 4.68. The van der Waals surface area contributed by atoms with Gasteiger partial charge < -0.3 is 19.9 Å². The minimum atomic E-state index is -1.05. The molecule has 0 radical (unpaired) electrons. The second-order valence-corrected chi connectivity index (χ2v) is 4.68. The third-order valence-electron chi connectivity index (χ3n) is 3.29. The molecule has 7 heteroatoms. The summed E-state index contributed by atoms with van der Waals surface area (Å²) in [5.41, 5.74) is 0.638. The zero-order valence-corrected chi connectivity index (χ0v) is 9.80.